The Bertz CT molecular complexity index is 775. The van der Waals surface area contributed by atoms with E-state index in [4.69, 9.17) is 0 Å². The molecular weight excluding hydrogens is 264 g/mol. The zero-order valence-electron chi connectivity index (χ0n) is 13.2. The maximum Gasteiger partial charge on any atom is -0.00105 e. The van der Waals surface area contributed by atoms with Crippen molar-refractivity contribution in [3.63, 3.8) is 0 Å². The maximum absolute atomic E-state index is 2.37. The van der Waals surface area contributed by atoms with E-state index < -0.39 is 0 Å². The van der Waals surface area contributed by atoms with Crippen molar-refractivity contribution < 1.29 is 0 Å². The van der Waals surface area contributed by atoms with Crippen LogP contribution in [0.25, 0.3) is 16.7 Å². The molecule has 0 nitrogen and oxygen atoms in total. The van der Waals surface area contributed by atoms with Crippen LogP contribution in [0.5, 0.6) is 0 Å². The van der Waals surface area contributed by atoms with Crippen LogP contribution in [0, 0.1) is 0 Å². The molecule has 0 bridgehead atoms. The number of fused-ring (bicyclic) bond motifs is 3. The number of allylic oxidation sites excluding steroid dienone is 4. The van der Waals surface area contributed by atoms with Gasteiger partial charge in [0.1, 0.15) is 0 Å². The van der Waals surface area contributed by atoms with E-state index in [0.29, 0.717) is 0 Å². The first-order valence-electron chi connectivity index (χ1n) is 8.47. The first kappa shape index (κ1) is 13.6. The Hall–Kier alpha value is -2.08. The zero-order valence-corrected chi connectivity index (χ0v) is 13.2. The molecule has 2 aromatic rings. The summed E-state index contributed by atoms with van der Waals surface area (Å²) in [5.74, 6) is 0. The van der Waals surface area contributed by atoms with E-state index >= 15 is 0 Å². The molecule has 2 aliphatic rings. The Kier molecular flexibility index (Phi) is 3.46. The van der Waals surface area contributed by atoms with Crippen LogP contribution in [-0.2, 0) is 12.8 Å². The Morgan fingerprint density at radius 3 is 2.64 bits per heavy atom. The maximum atomic E-state index is 2.37. The van der Waals surface area contributed by atoms with Crippen LogP contribution in [0.15, 0.2) is 54.6 Å². The Balaban J connectivity index is 1.85. The summed E-state index contributed by atoms with van der Waals surface area (Å²) in [6.45, 7) is 2.29. The molecule has 2 aromatic carbocycles. The predicted octanol–water partition coefficient (Wildman–Crippen LogP) is 5.94. The van der Waals surface area contributed by atoms with Crippen LogP contribution in [0.2, 0.25) is 0 Å². The van der Waals surface area contributed by atoms with Crippen LogP contribution in [0.3, 0.4) is 0 Å². The van der Waals surface area contributed by atoms with E-state index in [-0.39, 0.29) is 0 Å². The number of benzene rings is 2. The first-order valence-corrected chi connectivity index (χ1v) is 8.47. The molecule has 0 heterocycles. The van der Waals surface area contributed by atoms with Crippen molar-refractivity contribution in [1.82, 2.24) is 0 Å². The molecule has 2 aliphatic carbocycles. The number of hydrogen-bond acceptors (Lipinski definition) is 0. The lowest BCUT2D eigenvalue weighted by atomic mass is 9.89. The average Bonchev–Trinajstić information content (AvgIpc) is 3.20. The smallest absolute Gasteiger partial charge is 0.00105 e. The molecule has 0 N–H and O–H groups in total. The van der Waals surface area contributed by atoms with Crippen LogP contribution < -0.4 is 0 Å². The van der Waals surface area contributed by atoms with E-state index in [1.54, 1.807) is 11.1 Å². The van der Waals surface area contributed by atoms with Crippen molar-refractivity contribution in [1.29, 1.82) is 0 Å². The van der Waals surface area contributed by atoms with Crippen molar-refractivity contribution in [3.05, 3.63) is 76.9 Å². The Morgan fingerprint density at radius 1 is 0.955 bits per heavy atom. The molecular formula is C22H22. The fraction of sp³-hybridized carbons (Fsp3) is 0.273. The van der Waals surface area contributed by atoms with E-state index in [1.807, 2.05) is 0 Å². The molecule has 4 rings (SSSR count). The molecule has 0 fully saturated rings. The van der Waals surface area contributed by atoms with E-state index in [1.165, 1.54) is 47.1 Å². The normalized spacial score (nSPS) is 14.9. The minimum absolute atomic E-state index is 1.09. The molecule has 110 valence electrons. The van der Waals surface area contributed by atoms with E-state index in [9.17, 15) is 0 Å². The fourth-order valence-corrected chi connectivity index (χ4v) is 3.86. The summed E-state index contributed by atoms with van der Waals surface area (Å²) < 4.78 is 0. The Labute approximate surface area is 133 Å². The highest BCUT2D eigenvalue weighted by Crippen LogP contribution is 2.41. The Morgan fingerprint density at radius 2 is 1.82 bits per heavy atom. The van der Waals surface area contributed by atoms with Gasteiger partial charge in [-0.15, -0.1) is 0 Å². The third-order valence-electron chi connectivity index (χ3n) is 5.00. The van der Waals surface area contributed by atoms with Gasteiger partial charge in [-0.3, -0.25) is 0 Å². The lowest BCUT2D eigenvalue weighted by Crippen LogP contribution is -1.99. The molecule has 0 saturated heterocycles. The van der Waals surface area contributed by atoms with Gasteiger partial charge in [0.15, 0.2) is 0 Å². The molecule has 22 heavy (non-hydrogen) atoms. The lowest BCUT2D eigenvalue weighted by molar-refractivity contribution is 0.788. The second-order valence-corrected chi connectivity index (χ2v) is 6.38. The van der Waals surface area contributed by atoms with Gasteiger partial charge in [0.2, 0.25) is 0 Å². The third-order valence-corrected chi connectivity index (χ3v) is 5.00. The van der Waals surface area contributed by atoms with Crippen molar-refractivity contribution in [2.24, 2.45) is 0 Å². The SMILES string of the molecule is CCCCc1c(C2=CC=CC2)ccc2c1Cc1ccccc1-2. The van der Waals surface area contributed by atoms with Gasteiger partial charge in [-0.25, -0.2) is 0 Å². The van der Waals surface area contributed by atoms with Gasteiger partial charge in [-0.05, 0) is 64.6 Å². The van der Waals surface area contributed by atoms with Gasteiger partial charge in [-0.2, -0.15) is 0 Å². The zero-order chi connectivity index (χ0) is 14.9. The van der Waals surface area contributed by atoms with Crippen molar-refractivity contribution in [2.45, 2.75) is 39.0 Å². The monoisotopic (exact) mass is 286 g/mol. The molecule has 0 amide bonds. The average molecular weight is 286 g/mol. The van der Waals surface area contributed by atoms with Crippen LogP contribution in [-0.4, -0.2) is 0 Å². The minimum atomic E-state index is 1.09. The highest BCUT2D eigenvalue weighted by atomic mass is 14.3. The quantitative estimate of drug-likeness (QED) is 0.556. The third kappa shape index (κ3) is 2.14. The summed E-state index contributed by atoms with van der Waals surface area (Å²) in [4.78, 5) is 0. The first-order chi connectivity index (χ1) is 10.9. The molecule has 0 spiro atoms. The van der Waals surface area contributed by atoms with Gasteiger partial charge < -0.3 is 0 Å². The van der Waals surface area contributed by atoms with Crippen molar-refractivity contribution in [2.75, 3.05) is 0 Å². The molecule has 0 aliphatic heterocycles. The summed E-state index contributed by atoms with van der Waals surface area (Å²) in [6, 6.07) is 13.6. The fourth-order valence-electron chi connectivity index (χ4n) is 3.86. The molecule has 0 aromatic heterocycles. The number of hydrogen-bond donors (Lipinski definition) is 0. The summed E-state index contributed by atoms with van der Waals surface area (Å²) in [5.41, 5.74) is 10.6. The summed E-state index contributed by atoms with van der Waals surface area (Å²) in [7, 11) is 0. The van der Waals surface area contributed by atoms with E-state index in [0.717, 1.165) is 12.8 Å². The highest BCUT2D eigenvalue weighted by molar-refractivity contribution is 5.83. The van der Waals surface area contributed by atoms with E-state index in [2.05, 4.69) is 61.5 Å². The molecule has 0 heteroatoms. The minimum Gasteiger partial charge on any atom is -0.0801 e. The molecule has 0 atom stereocenters. The molecule has 0 saturated carbocycles. The van der Waals surface area contributed by atoms with Crippen LogP contribution in [0.1, 0.15) is 48.4 Å². The lowest BCUT2D eigenvalue weighted by Gasteiger charge is -2.16. The van der Waals surface area contributed by atoms with Gasteiger partial charge in [-0.1, -0.05) is 68.0 Å². The van der Waals surface area contributed by atoms with Crippen LogP contribution in [0.4, 0.5) is 0 Å². The van der Waals surface area contributed by atoms with Crippen molar-refractivity contribution >= 4 is 5.57 Å². The van der Waals surface area contributed by atoms with Gasteiger partial charge in [0.25, 0.3) is 0 Å². The largest absolute Gasteiger partial charge is 0.0801 e. The summed E-state index contributed by atoms with van der Waals surface area (Å²) >= 11 is 0. The molecule has 0 radical (unpaired) electrons. The van der Waals surface area contributed by atoms with Crippen LogP contribution >= 0.6 is 0 Å². The van der Waals surface area contributed by atoms with Crippen molar-refractivity contribution in [3.8, 4) is 11.1 Å². The number of unbranched alkanes of at least 4 members (excludes halogenated alkanes) is 1. The topological polar surface area (TPSA) is 0 Å². The summed E-state index contributed by atoms with van der Waals surface area (Å²) in [6.07, 6.45) is 12.7. The predicted molar refractivity (Wildman–Crippen MR) is 95.0 cm³/mol. The van der Waals surface area contributed by atoms with Gasteiger partial charge in [0.05, 0.1) is 0 Å². The number of rotatable bonds is 4. The van der Waals surface area contributed by atoms with Gasteiger partial charge >= 0.3 is 0 Å². The summed E-state index contributed by atoms with van der Waals surface area (Å²) in [5, 5.41) is 0. The second-order valence-electron chi connectivity index (χ2n) is 6.38. The van der Waals surface area contributed by atoms with Gasteiger partial charge in [0, 0.05) is 0 Å². The molecule has 0 unspecified atom stereocenters. The highest BCUT2D eigenvalue weighted by Gasteiger charge is 2.23. The second kappa shape index (κ2) is 5.61. The standard InChI is InChI=1S/C22H22/c1-2-3-11-20-19(16-8-4-5-9-16)13-14-21-18-12-7-6-10-17(18)15-22(20)21/h4-8,10,12-14H,2-3,9,11,15H2,1H3.